The number of carbonyl (C=O) groups is 2. The molecular formula is C24H28N4O3. The fourth-order valence-electron chi connectivity index (χ4n) is 4.04. The summed E-state index contributed by atoms with van der Waals surface area (Å²) in [6, 6.07) is 9.50. The summed E-state index contributed by atoms with van der Waals surface area (Å²) < 4.78 is 7.40. The third-order valence-corrected chi connectivity index (χ3v) is 5.96. The lowest BCUT2D eigenvalue weighted by atomic mass is 9.90. The van der Waals surface area contributed by atoms with Gasteiger partial charge in [0, 0.05) is 17.1 Å². The summed E-state index contributed by atoms with van der Waals surface area (Å²) in [5, 5.41) is 7.88. The van der Waals surface area contributed by atoms with Crippen molar-refractivity contribution in [3.05, 3.63) is 53.3 Å². The topological polar surface area (TPSA) is 86.1 Å². The Morgan fingerprint density at radius 1 is 1.16 bits per heavy atom. The highest BCUT2D eigenvalue weighted by Gasteiger charge is 2.27. The van der Waals surface area contributed by atoms with Gasteiger partial charge in [0.1, 0.15) is 5.82 Å². The molecule has 1 amide bonds. The van der Waals surface area contributed by atoms with Crippen molar-refractivity contribution in [3.8, 4) is 0 Å². The zero-order valence-electron chi connectivity index (χ0n) is 18.2. The number of anilines is 1. The number of aryl methyl sites for hydroxylation is 1. The molecule has 4 rings (SSSR count). The maximum Gasteiger partial charge on any atom is 0.339 e. The maximum absolute atomic E-state index is 13.2. The minimum absolute atomic E-state index is 0.151. The van der Waals surface area contributed by atoms with Crippen LogP contribution in [0, 0.1) is 0 Å². The number of hydrogen-bond donors (Lipinski definition) is 1. The number of para-hydroxylation sites is 1. The lowest BCUT2D eigenvalue weighted by Gasteiger charge is -2.21. The van der Waals surface area contributed by atoms with Crippen molar-refractivity contribution in [2.75, 3.05) is 5.32 Å². The summed E-state index contributed by atoms with van der Waals surface area (Å²) in [6.07, 6.45) is 5.32. The summed E-state index contributed by atoms with van der Waals surface area (Å²) in [5.41, 5.74) is 3.25. The van der Waals surface area contributed by atoms with Gasteiger partial charge in [-0.05, 0) is 57.6 Å². The first-order valence-corrected chi connectivity index (χ1v) is 11.0. The number of nitrogens with zero attached hydrogens (tertiary/aromatic N) is 3. The Morgan fingerprint density at radius 2 is 1.94 bits per heavy atom. The van der Waals surface area contributed by atoms with E-state index in [9.17, 15) is 9.59 Å². The predicted octanol–water partition coefficient (Wildman–Crippen LogP) is 4.47. The van der Waals surface area contributed by atoms with Gasteiger partial charge in [0.15, 0.2) is 6.10 Å². The molecule has 7 nitrogen and oxygen atoms in total. The minimum Gasteiger partial charge on any atom is -0.449 e. The lowest BCUT2D eigenvalue weighted by Crippen LogP contribution is -2.31. The van der Waals surface area contributed by atoms with Crippen LogP contribution in [0.5, 0.6) is 0 Å². The van der Waals surface area contributed by atoms with Crippen molar-refractivity contribution in [2.24, 2.45) is 0 Å². The number of carbonyl (C=O) groups excluding carboxylic acids is 2. The van der Waals surface area contributed by atoms with E-state index < -0.39 is 12.1 Å². The van der Waals surface area contributed by atoms with E-state index in [1.54, 1.807) is 23.9 Å². The van der Waals surface area contributed by atoms with Crippen LogP contribution in [0.4, 0.5) is 5.82 Å². The van der Waals surface area contributed by atoms with E-state index in [-0.39, 0.29) is 11.9 Å². The van der Waals surface area contributed by atoms with E-state index in [4.69, 9.17) is 9.72 Å². The third kappa shape index (κ3) is 4.17. The van der Waals surface area contributed by atoms with Crippen LogP contribution < -0.4 is 5.32 Å². The zero-order chi connectivity index (χ0) is 22.0. The van der Waals surface area contributed by atoms with Crippen molar-refractivity contribution < 1.29 is 14.3 Å². The Bertz CT molecular complexity index is 1120. The molecule has 2 aromatic heterocycles. The van der Waals surface area contributed by atoms with Gasteiger partial charge in [-0.2, -0.15) is 5.10 Å². The molecule has 2 atom stereocenters. The second-order valence-corrected chi connectivity index (χ2v) is 8.09. The number of rotatable bonds is 6. The smallest absolute Gasteiger partial charge is 0.339 e. The number of esters is 1. The number of pyridine rings is 1. The molecule has 0 fully saturated rings. The summed E-state index contributed by atoms with van der Waals surface area (Å²) in [4.78, 5) is 30.7. The number of amides is 1. The molecule has 0 aliphatic heterocycles. The van der Waals surface area contributed by atoms with Crippen molar-refractivity contribution in [1.29, 1.82) is 0 Å². The number of nitrogens with one attached hydrogen (secondary N) is 1. The largest absolute Gasteiger partial charge is 0.449 e. The van der Waals surface area contributed by atoms with E-state index in [1.807, 2.05) is 31.2 Å². The third-order valence-electron chi connectivity index (χ3n) is 5.96. The molecule has 0 radical (unpaired) electrons. The Labute approximate surface area is 181 Å². The summed E-state index contributed by atoms with van der Waals surface area (Å²) in [6.45, 7) is 5.68. The van der Waals surface area contributed by atoms with Gasteiger partial charge in [0.2, 0.25) is 0 Å². The van der Waals surface area contributed by atoms with Crippen molar-refractivity contribution in [2.45, 2.75) is 65.0 Å². The molecule has 162 valence electrons. The van der Waals surface area contributed by atoms with Gasteiger partial charge in [0.25, 0.3) is 5.91 Å². The van der Waals surface area contributed by atoms with E-state index in [2.05, 4.69) is 17.3 Å². The molecule has 0 unspecified atom stereocenters. The second kappa shape index (κ2) is 8.88. The molecule has 1 aromatic carbocycles. The number of fused-ring (bicyclic) bond motifs is 2. The zero-order valence-corrected chi connectivity index (χ0v) is 18.2. The SMILES string of the molecule is CC[C@@H](C)n1nccc1NC(=O)[C@H](C)OC(=O)c1c2c(nc3ccccc13)CCCC2. The molecule has 1 aliphatic rings. The summed E-state index contributed by atoms with van der Waals surface area (Å²) >= 11 is 0. The Hall–Kier alpha value is -3.22. The van der Waals surface area contributed by atoms with Crippen molar-refractivity contribution in [1.82, 2.24) is 14.8 Å². The summed E-state index contributed by atoms with van der Waals surface area (Å²) in [5.74, 6) is -0.269. The van der Waals surface area contributed by atoms with Gasteiger partial charge in [0.05, 0.1) is 23.3 Å². The highest BCUT2D eigenvalue weighted by Crippen LogP contribution is 2.30. The van der Waals surface area contributed by atoms with E-state index in [0.29, 0.717) is 11.4 Å². The normalized spacial score (nSPS) is 15.2. The number of benzene rings is 1. The number of hydrogen-bond acceptors (Lipinski definition) is 5. The first-order valence-electron chi connectivity index (χ1n) is 11.0. The molecule has 1 aliphatic carbocycles. The number of ether oxygens (including phenoxy) is 1. The van der Waals surface area contributed by atoms with Crippen LogP contribution in [0.25, 0.3) is 10.9 Å². The second-order valence-electron chi connectivity index (χ2n) is 8.09. The molecule has 2 heterocycles. The average molecular weight is 421 g/mol. The minimum atomic E-state index is -0.945. The van der Waals surface area contributed by atoms with Gasteiger partial charge in [-0.15, -0.1) is 0 Å². The van der Waals surface area contributed by atoms with Gasteiger partial charge in [-0.25, -0.2) is 9.48 Å². The molecule has 0 spiro atoms. The Kier molecular flexibility index (Phi) is 6.02. The van der Waals surface area contributed by atoms with Crippen LogP contribution in [0.1, 0.15) is 67.7 Å². The molecule has 1 N–H and O–H groups in total. The van der Waals surface area contributed by atoms with E-state index in [0.717, 1.165) is 54.3 Å². The van der Waals surface area contributed by atoms with Gasteiger partial charge < -0.3 is 10.1 Å². The number of aromatic nitrogens is 3. The van der Waals surface area contributed by atoms with Crippen LogP contribution in [0.15, 0.2) is 36.5 Å². The Balaban J connectivity index is 1.57. The van der Waals surface area contributed by atoms with Crippen molar-refractivity contribution in [3.63, 3.8) is 0 Å². The van der Waals surface area contributed by atoms with Crippen LogP contribution in [0.2, 0.25) is 0 Å². The predicted molar refractivity (Wildman–Crippen MR) is 119 cm³/mol. The Morgan fingerprint density at radius 3 is 2.74 bits per heavy atom. The van der Waals surface area contributed by atoms with Crippen LogP contribution in [-0.4, -0.2) is 32.7 Å². The average Bonchev–Trinajstić information content (AvgIpc) is 3.24. The van der Waals surface area contributed by atoms with Gasteiger partial charge >= 0.3 is 5.97 Å². The fourth-order valence-corrected chi connectivity index (χ4v) is 4.04. The molecule has 7 heteroatoms. The molecular weight excluding hydrogens is 392 g/mol. The first kappa shape index (κ1) is 21.0. The molecule has 0 bridgehead atoms. The van der Waals surface area contributed by atoms with E-state index in [1.165, 1.54) is 0 Å². The highest BCUT2D eigenvalue weighted by molar-refractivity contribution is 6.06. The highest BCUT2D eigenvalue weighted by atomic mass is 16.5. The quantitative estimate of drug-likeness (QED) is 0.595. The monoisotopic (exact) mass is 420 g/mol. The molecule has 0 saturated carbocycles. The fraction of sp³-hybridized carbons (Fsp3) is 0.417. The van der Waals surface area contributed by atoms with Gasteiger partial charge in [-0.1, -0.05) is 25.1 Å². The lowest BCUT2D eigenvalue weighted by molar-refractivity contribution is -0.123. The van der Waals surface area contributed by atoms with Crippen molar-refractivity contribution >= 4 is 28.6 Å². The molecule has 3 aromatic rings. The van der Waals surface area contributed by atoms with Crippen LogP contribution in [0.3, 0.4) is 0 Å². The summed E-state index contributed by atoms with van der Waals surface area (Å²) in [7, 11) is 0. The van der Waals surface area contributed by atoms with Gasteiger partial charge in [-0.3, -0.25) is 9.78 Å². The first-order chi connectivity index (χ1) is 15.0. The van der Waals surface area contributed by atoms with E-state index >= 15 is 0 Å². The molecule has 31 heavy (non-hydrogen) atoms. The van der Waals surface area contributed by atoms with Crippen LogP contribution >= 0.6 is 0 Å². The standard InChI is InChI=1S/C24H28N4O3/c1-4-15(2)28-21(13-14-25-28)27-23(29)16(3)31-24(30)22-17-9-5-7-11-19(17)26-20-12-8-6-10-18(20)22/h5,7,9,11,13-16H,4,6,8,10,12H2,1-3H3,(H,27,29)/t15-,16+/m1/s1. The maximum atomic E-state index is 13.2. The molecule has 0 saturated heterocycles. The van der Waals surface area contributed by atoms with Crippen LogP contribution in [-0.2, 0) is 22.4 Å².